The number of nitrogens with one attached hydrogen (secondary N) is 3. The Morgan fingerprint density at radius 3 is 1.15 bits per heavy atom. The van der Waals surface area contributed by atoms with Crippen molar-refractivity contribution in [2.75, 3.05) is 31.4 Å². The van der Waals surface area contributed by atoms with Crippen LogP contribution in [0.1, 0.15) is 17.1 Å². The number of nitrogens with zero attached hydrogens (tertiary/aromatic N) is 6. The maximum atomic E-state index is 12.1. The third kappa shape index (κ3) is 12.1. The van der Waals surface area contributed by atoms with Gasteiger partial charge in [-0.2, -0.15) is 0 Å². The molecule has 0 radical (unpaired) electrons. The van der Waals surface area contributed by atoms with Crippen LogP contribution in [0.15, 0.2) is 124 Å². The van der Waals surface area contributed by atoms with Crippen LogP contribution in [0.5, 0.6) is 0 Å². The quantitative estimate of drug-likeness (QED) is 0.114. The van der Waals surface area contributed by atoms with Crippen LogP contribution in [-0.2, 0) is 30.1 Å². The average Bonchev–Trinajstić information content (AvgIpc) is 3.09. The molecule has 3 aromatic carbocycles. The lowest BCUT2D eigenvalue weighted by atomic mass is 10.3. The zero-order valence-corrected chi connectivity index (χ0v) is 31.4. The predicted octanol–water partition coefficient (Wildman–Crippen LogP) is 3.50. The zero-order valence-electron chi connectivity index (χ0n) is 29.0. The molecule has 0 spiro atoms. The highest BCUT2D eigenvalue weighted by Gasteiger charge is 2.17. The first kappa shape index (κ1) is 40.3. The van der Waals surface area contributed by atoms with E-state index in [2.05, 4.69) is 44.1 Å². The van der Waals surface area contributed by atoms with Crippen molar-refractivity contribution in [3.05, 3.63) is 127 Å². The van der Waals surface area contributed by atoms with Crippen molar-refractivity contribution in [3.8, 4) is 0 Å². The monoisotopic (exact) mass is 792 g/mol. The Kier molecular flexibility index (Phi) is 13.0. The summed E-state index contributed by atoms with van der Waals surface area (Å²) in [4.78, 5) is 23.8. The van der Waals surface area contributed by atoms with Gasteiger partial charge in [0.2, 0.25) is 17.8 Å². The molecule has 0 aliphatic carbocycles. The van der Waals surface area contributed by atoms with Gasteiger partial charge in [0, 0.05) is 52.7 Å². The van der Waals surface area contributed by atoms with E-state index in [0.29, 0.717) is 34.1 Å². The molecule has 0 unspecified atom stereocenters. The summed E-state index contributed by atoms with van der Waals surface area (Å²) in [6, 6.07) is 22.7. The molecular formula is C33H36N12O6S3. The number of rotatable bonds is 9. The summed E-state index contributed by atoms with van der Waals surface area (Å²) in [5.41, 5.74) is 20.1. The van der Waals surface area contributed by atoms with Gasteiger partial charge in [-0.3, -0.25) is 0 Å². The second-order valence-corrected chi connectivity index (χ2v) is 16.1. The Balaban J connectivity index is 0.000000181. The molecule has 6 aromatic rings. The fourth-order valence-corrected chi connectivity index (χ4v) is 6.95. The summed E-state index contributed by atoms with van der Waals surface area (Å²) in [6.07, 6.45) is 4.39. The number of hydrogen-bond donors (Lipinski definition) is 6. The Hall–Kier alpha value is -6.45. The predicted molar refractivity (Wildman–Crippen MR) is 205 cm³/mol. The van der Waals surface area contributed by atoms with Crippen molar-refractivity contribution < 1.29 is 25.3 Å². The molecule has 0 atom stereocenters. The molecule has 3 aromatic heterocycles. The second kappa shape index (κ2) is 17.4. The number of nitrogens with two attached hydrogens (primary N) is 3. The van der Waals surface area contributed by atoms with Crippen LogP contribution in [-0.4, -0.2) is 55.2 Å². The number of hydrogen-bond acceptors (Lipinski definition) is 15. The minimum Gasteiger partial charge on any atom is -0.399 e. The standard InChI is InChI=1S/C12H14N4O2S.C11H12N4O2S.C10H10N4O2S/c1-8-7-9(2)15-12(14-8)16-19(17,18)11-5-3-10(13)4-6-11;1-8-6-7-13-11(14-8)15-18(16,17)10-4-2-9(12)3-5-10;11-8-2-4-9(5-3-8)17(15,16)14-10-12-6-1-7-13-10/h3-7H,13H2,1-2H3,(H,14,15,16);2-7H,12H2,1H3,(H,13,14,15);1-7H,11H2,(H,12,13,14). The molecule has 21 heteroatoms. The third-order valence-corrected chi connectivity index (χ3v) is 10.6. The minimum atomic E-state index is -3.69. The fraction of sp³-hybridized carbons (Fsp3) is 0.0909. The summed E-state index contributed by atoms with van der Waals surface area (Å²) in [7, 11) is -11.0. The van der Waals surface area contributed by atoms with Gasteiger partial charge in [-0.25, -0.2) is 69.3 Å². The lowest BCUT2D eigenvalue weighted by Crippen LogP contribution is -2.15. The zero-order chi connectivity index (χ0) is 39.5. The molecule has 0 saturated carbocycles. The fourth-order valence-electron chi connectivity index (χ4n) is 4.10. The average molecular weight is 793 g/mol. The molecule has 9 N–H and O–H groups in total. The van der Waals surface area contributed by atoms with Crippen molar-refractivity contribution in [2.45, 2.75) is 35.5 Å². The van der Waals surface area contributed by atoms with Crippen LogP contribution in [0.25, 0.3) is 0 Å². The Bertz CT molecular complexity index is 2490. The van der Waals surface area contributed by atoms with E-state index in [4.69, 9.17) is 17.2 Å². The van der Waals surface area contributed by atoms with Gasteiger partial charge in [-0.05, 0) is 112 Å². The third-order valence-electron chi connectivity index (χ3n) is 6.59. The molecule has 0 aliphatic heterocycles. The first-order valence-electron chi connectivity index (χ1n) is 15.5. The van der Waals surface area contributed by atoms with E-state index in [9.17, 15) is 25.3 Å². The van der Waals surface area contributed by atoms with Crippen LogP contribution >= 0.6 is 0 Å². The van der Waals surface area contributed by atoms with Crippen molar-refractivity contribution in [1.29, 1.82) is 0 Å². The highest BCUT2D eigenvalue weighted by atomic mass is 32.2. The molecule has 3 heterocycles. The van der Waals surface area contributed by atoms with Crippen molar-refractivity contribution in [1.82, 2.24) is 29.9 Å². The van der Waals surface area contributed by atoms with E-state index < -0.39 is 30.1 Å². The summed E-state index contributed by atoms with van der Waals surface area (Å²) in [6.45, 7) is 5.30. The normalized spacial score (nSPS) is 11.2. The molecule has 0 saturated heterocycles. The molecule has 6 rings (SSSR count). The first-order valence-corrected chi connectivity index (χ1v) is 19.9. The molecule has 0 amide bonds. The summed E-state index contributed by atoms with van der Waals surface area (Å²) in [5.74, 6) is 0.144. The largest absolute Gasteiger partial charge is 0.399 e. The maximum Gasteiger partial charge on any atom is 0.264 e. The number of benzene rings is 3. The van der Waals surface area contributed by atoms with Gasteiger partial charge in [0.25, 0.3) is 30.1 Å². The van der Waals surface area contributed by atoms with Gasteiger partial charge >= 0.3 is 0 Å². The van der Waals surface area contributed by atoms with Crippen molar-refractivity contribution in [2.24, 2.45) is 0 Å². The van der Waals surface area contributed by atoms with Crippen LogP contribution in [0.3, 0.4) is 0 Å². The van der Waals surface area contributed by atoms with E-state index >= 15 is 0 Å². The summed E-state index contributed by atoms with van der Waals surface area (Å²) in [5, 5.41) is 0. The van der Waals surface area contributed by atoms with Crippen LogP contribution in [0, 0.1) is 20.8 Å². The smallest absolute Gasteiger partial charge is 0.264 e. The molecule has 54 heavy (non-hydrogen) atoms. The maximum absolute atomic E-state index is 12.1. The van der Waals surface area contributed by atoms with E-state index in [0.717, 1.165) is 0 Å². The number of sulfonamides is 3. The molecule has 282 valence electrons. The van der Waals surface area contributed by atoms with E-state index in [1.54, 1.807) is 39.0 Å². The topological polar surface area (TPSA) is 294 Å². The van der Waals surface area contributed by atoms with E-state index in [1.165, 1.54) is 91.4 Å². The van der Waals surface area contributed by atoms with Gasteiger partial charge in [0.05, 0.1) is 14.7 Å². The molecule has 0 bridgehead atoms. The highest BCUT2D eigenvalue weighted by molar-refractivity contribution is 7.93. The lowest BCUT2D eigenvalue weighted by molar-refractivity contribution is 0.599. The SMILES string of the molecule is Cc1cc(C)nc(NS(=O)(=O)c2ccc(N)cc2)n1.Cc1ccnc(NS(=O)(=O)c2ccc(N)cc2)n1.Nc1ccc(S(=O)(=O)Nc2ncccn2)cc1. The van der Waals surface area contributed by atoms with Gasteiger partial charge in [0.1, 0.15) is 0 Å². The number of anilines is 6. The molecular weight excluding hydrogens is 757 g/mol. The molecule has 18 nitrogen and oxygen atoms in total. The molecule has 0 aliphatic rings. The summed E-state index contributed by atoms with van der Waals surface area (Å²) < 4.78 is 78.9. The Morgan fingerprint density at radius 1 is 0.426 bits per heavy atom. The first-order chi connectivity index (χ1) is 25.4. The highest BCUT2D eigenvalue weighted by Crippen LogP contribution is 2.17. The van der Waals surface area contributed by atoms with Crippen molar-refractivity contribution >= 4 is 65.0 Å². The van der Waals surface area contributed by atoms with Crippen LogP contribution < -0.4 is 31.4 Å². The second-order valence-electron chi connectivity index (χ2n) is 11.1. The number of nitrogen functional groups attached to an aromatic ring is 3. The number of aryl methyl sites for hydroxylation is 3. The Morgan fingerprint density at radius 2 is 0.759 bits per heavy atom. The van der Waals surface area contributed by atoms with E-state index in [1.807, 2.05) is 0 Å². The van der Waals surface area contributed by atoms with Gasteiger partial charge < -0.3 is 17.2 Å². The lowest BCUT2D eigenvalue weighted by Gasteiger charge is -2.08. The van der Waals surface area contributed by atoms with Gasteiger partial charge in [0.15, 0.2) is 0 Å². The number of aromatic nitrogens is 6. The Labute approximate surface area is 312 Å². The minimum absolute atomic E-state index is 0.0318. The van der Waals surface area contributed by atoms with Crippen molar-refractivity contribution in [3.63, 3.8) is 0 Å². The van der Waals surface area contributed by atoms with Gasteiger partial charge in [-0.15, -0.1) is 0 Å². The van der Waals surface area contributed by atoms with Gasteiger partial charge in [-0.1, -0.05) is 0 Å². The summed E-state index contributed by atoms with van der Waals surface area (Å²) >= 11 is 0. The molecule has 0 fully saturated rings. The van der Waals surface area contributed by atoms with Crippen LogP contribution in [0.4, 0.5) is 34.9 Å². The van der Waals surface area contributed by atoms with E-state index in [-0.39, 0.29) is 32.5 Å². The van der Waals surface area contributed by atoms with Crippen LogP contribution in [0.2, 0.25) is 0 Å².